The average Bonchev–Trinajstić information content (AvgIpc) is 2.40. The predicted octanol–water partition coefficient (Wildman–Crippen LogP) is -0.836. The minimum atomic E-state index is -1.26. The molecule has 0 saturated heterocycles. The first-order valence-corrected chi connectivity index (χ1v) is 5.58. The van der Waals surface area contributed by atoms with Crippen molar-refractivity contribution in [2.24, 2.45) is 0 Å². The summed E-state index contributed by atoms with van der Waals surface area (Å²) >= 11 is 0. The Morgan fingerprint density at radius 1 is 1.17 bits per heavy atom. The molecule has 0 amide bonds. The second-order valence-corrected chi connectivity index (χ2v) is 4.21. The molecule has 0 radical (unpaired) electrons. The Labute approximate surface area is 105 Å². The fourth-order valence-corrected chi connectivity index (χ4v) is 1.46. The molecule has 1 rings (SSSR count). The topological polar surface area (TPSA) is 93.0 Å². The fraction of sp³-hybridized carbons (Fsp3) is 0.500. The predicted molar refractivity (Wildman–Crippen MR) is 63.4 cm³/mol. The summed E-state index contributed by atoms with van der Waals surface area (Å²) < 4.78 is 12.9. The van der Waals surface area contributed by atoms with Gasteiger partial charge in [0.25, 0.3) is 0 Å². The Kier molecular flexibility index (Phi) is 5.64. The summed E-state index contributed by atoms with van der Waals surface area (Å²) in [5, 5.41) is 39.7. The first-order chi connectivity index (χ1) is 8.56. The van der Waals surface area contributed by atoms with Crippen LogP contribution < -0.4 is 5.32 Å². The summed E-state index contributed by atoms with van der Waals surface area (Å²) in [5.41, 5.74) is -0.876. The molecular formula is C12H18FNO4. The van der Waals surface area contributed by atoms with Gasteiger partial charge in [0.05, 0.1) is 31.5 Å². The van der Waals surface area contributed by atoms with E-state index in [1.165, 1.54) is 18.2 Å². The average molecular weight is 259 g/mol. The van der Waals surface area contributed by atoms with Crippen molar-refractivity contribution in [3.63, 3.8) is 0 Å². The van der Waals surface area contributed by atoms with E-state index >= 15 is 0 Å². The lowest BCUT2D eigenvalue weighted by Crippen LogP contribution is -2.55. The zero-order valence-corrected chi connectivity index (χ0v) is 9.88. The van der Waals surface area contributed by atoms with Crippen LogP contribution in [0.15, 0.2) is 24.3 Å². The molecule has 18 heavy (non-hydrogen) atoms. The minimum Gasteiger partial charge on any atom is -0.394 e. The third-order valence-corrected chi connectivity index (χ3v) is 2.81. The van der Waals surface area contributed by atoms with Crippen molar-refractivity contribution in [1.82, 2.24) is 5.32 Å². The van der Waals surface area contributed by atoms with Crippen LogP contribution in [0.5, 0.6) is 0 Å². The molecule has 1 unspecified atom stereocenters. The van der Waals surface area contributed by atoms with Gasteiger partial charge in [0.2, 0.25) is 0 Å². The molecule has 6 heteroatoms. The smallest absolute Gasteiger partial charge is 0.123 e. The van der Waals surface area contributed by atoms with Crippen molar-refractivity contribution in [2.75, 3.05) is 26.4 Å². The van der Waals surface area contributed by atoms with E-state index in [4.69, 9.17) is 15.3 Å². The lowest BCUT2D eigenvalue weighted by molar-refractivity contribution is 0.0321. The number of halogens is 1. The van der Waals surface area contributed by atoms with Crippen LogP contribution in [0, 0.1) is 5.82 Å². The van der Waals surface area contributed by atoms with Crippen LogP contribution in [-0.2, 0) is 0 Å². The van der Waals surface area contributed by atoms with Crippen molar-refractivity contribution in [1.29, 1.82) is 0 Å². The molecule has 102 valence electrons. The first-order valence-electron chi connectivity index (χ1n) is 5.58. The highest BCUT2D eigenvalue weighted by atomic mass is 19.1. The van der Waals surface area contributed by atoms with Gasteiger partial charge in [-0.05, 0) is 17.7 Å². The maximum absolute atomic E-state index is 12.9. The van der Waals surface area contributed by atoms with Crippen LogP contribution in [0.25, 0.3) is 0 Å². The van der Waals surface area contributed by atoms with Gasteiger partial charge in [0.1, 0.15) is 5.82 Å². The highest BCUT2D eigenvalue weighted by molar-refractivity contribution is 5.19. The molecular weight excluding hydrogens is 241 g/mol. The number of hydrogen-bond donors (Lipinski definition) is 5. The number of rotatable bonds is 7. The van der Waals surface area contributed by atoms with Crippen LogP contribution in [0.1, 0.15) is 11.7 Å². The van der Waals surface area contributed by atoms with Gasteiger partial charge in [-0.1, -0.05) is 12.1 Å². The van der Waals surface area contributed by atoms with E-state index < -0.39 is 37.3 Å². The molecule has 0 saturated carbocycles. The summed E-state index contributed by atoms with van der Waals surface area (Å²) in [6.07, 6.45) is -0.996. The molecule has 0 aliphatic rings. The molecule has 0 aromatic heterocycles. The zero-order valence-electron chi connectivity index (χ0n) is 9.88. The van der Waals surface area contributed by atoms with Crippen LogP contribution in [0.3, 0.4) is 0 Å². The standard InChI is InChI=1S/C12H18FNO4/c13-10-3-1-2-9(4-10)11(18)5-14-12(6-15,7-16)8-17/h1-4,11,14-18H,5-8H2. The summed E-state index contributed by atoms with van der Waals surface area (Å²) in [6.45, 7) is -1.45. The van der Waals surface area contributed by atoms with E-state index in [1.54, 1.807) is 6.07 Å². The van der Waals surface area contributed by atoms with E-state index in [9.17, 15) is 9.50 Å². The van der Waals surface area contributed by atoms with Crippen molar-refractivity contribution in [3.05, 3.63) is 35.6 Å². The Hall–Kier alpha value is -1.05. The fourth-order valence-electron chi connectivity index (χ4n) is 1.46. The highest BCUT2D eigenvalue weighted by Gasteiger charge is 2.28. The largest absolute Gasteiger partial charge is 0.394 e. The van der Waals surface area contributed by atoms with Crippen LogP contribution in [-0.4, -0.2) is 52.3 Å². The Morgan fingerprint density at radius 3 is 2.28 bits per heavy atom. The third kappa shape index (κ3) is 3.72. The van der Waals surface area contributed by atoms with Crippen molar-refractivity contribution in [2.45, 2.75) is 11.6 Å². The molecule has 0 aliphatic carbocycles. The minimum absolute atomic E-state index is 0.0227. The van der Waals surface area contributed by atoms with Gasteiger partial charge >= 0.3 is 0 Å². The molecule has 0 aliphatic heterocycles. The maximum Gasteiger partial charge on any atom is 0.123 e. The molecule has 0 bridgehead atoms. The Balaban J connectivity index is 2.62. The van der Waals surface area contributed by atoms with Gasteiger partial charge in [-0.25, -0.2) is 4.39 Å². The number of nitrogens with one attached hydrogen (secondary N) is 1. The van der Waals surface area contributed by atoms with Crippen molar-refractivity contribution in [3.8, 4) is 0 Å². The summed E-state index contributed by atoms with van der Waals surface area (Å²) in [5.74, 6) is -0.454. The molecule has 1 atom stereocenters. The monoisotopic (exact) mass is 259 g/mol. The zero-order chi connectivity index (χ0) is 13.6. The molecule has 5 nitrogen and oxygen atoms in total. The molecule has 0 heterocycles. The van der Waals surface area contributed by atoms with Crippen LogP contribution in [0.2, 0.25) is 0 Å². The van der Waals surface area contributed by atoms with Crippen molar-refractivity contribution < 1.29 is 24.8 Å². The Morgan fingerprint density at radius 2 is 1.78 bits per heavy atom. The van der Waals surface area contributed by atoms with E-state index in [0.717, 1.165) is 0 Å². The molecule has 1 aromatic carbocycles. The van der Waals surface area contributed by atoms with Crippen molar-refractivity contribution >= 4 is 0 Å². The van der Waals surface area contributed by atoms with Gasteiger partial charge in [-0.15, -0.1) is 0 Å². The SMILES string of the molecule is OCC(CO)(CO)NCC(O)c1cccc(F)c1. The van der Waals surface area contributed by atoms with E-state index in [2.05, 4.69) is 5.32 Å². The van der Waals surface area contributed by atoms with Gasteiger partial charge in [0.15, 0.2) is 0 Å². The van der Waals surface area contributed by atoms with E-state index in [1.807, 2.05) is 0 Å². The second-order valence-electron chi connectivity index (χ2n) is 4.21. The number of hydrogen-bond acceptors (Lipinski definition) is 5. The first kappa shape index (κ1) is 15.0. The second kappa shape index (κ2) is 6.77. The molecule has 0 fully saturated rings. The highest BCUT2D eigenvalue weighted by Crippen LogP contribution is 2.14. The van der Waals surface area contributed by atoms with Gasteiger partial charge in [-0.3, -0.25) is 0 Å². The third-order valence-electron chi connectivity index (χ3n) is 2.81. The summed E-state index contributed by atoms with van der Waals surface area (Å²) in [7, 11) is 0. The number of β-amino-alcohol motifs (C(OH)–C–C–N with tert-alkyl or cyclic N) is 1. The number of benzene rings is 1. The molecule has 5 N–H and O–H groups in total. The lowest BCUT2D eigenvalue weighted by atomic mass is 10.0. The number of aliphatic hydroxyl groups is 4. The van der Waals surface area contributed by atoms with Gasteiger partial charge < -0.3 is 25.7 Å². The van der Waals surface area contributed by atoms with Crippen LogP contribution in [0.4, 0.5) is 4.39 Å². The number of aliphatic hydroxyl groups excluding tert-OH is 4. The quantitative estimate of drug-likeness (QED) is 0.440. The maximum atomic E-state index is 12.9. The van der Waals surface area contributed by atoms with E-state index in [-0.39, 0.29) is 6.54 Å². The molecule has 0 spiro atoms. The van der Waals surface area contributed by atoms with Gasteiger partial charge in [0, 0.05) is 6.54 Å². The summed E-state index contributed by atoms with van der Waals surface area (Å²) in [6, 6.07) is 5.51. The molecule has 1 aromatic rings. The van der Waals surface area contributed by atoms with E-state index in [0.29, 0.717) is 5.56 Å². The normalized spacial score (nSPS) is 13.6. The van der Waals surface area contributed by atoms with Crippen LogP contribution >= 0.6 is 0 Å². The Bertz CT molecular complexity index is 363. The van der Waals surface area contributed by atoms with Gasteiger partial charge in [-0.2, -0.15) is 0 Å². The summed E-state index contributed by atoms with van der Waals surface area (Å²) in [4.78, 5) is 0. The lowest BCUT2D eigenvalue weighted by Gasteiger charge is -2.30.